The number of carbonyl (C=O) groups is 1. The molecule has 3 nitrogen and oxygen atoms in total. The molecule has 0 heterocycles. The van der Waals surface area contributed by atoms with E-state index in [9.17, 15) is 4.79 Å². The van der Waals surface area contributed by atoms with Gasteiger partial charge < -0.3 is 10.6 Å². The predicted molar refractivity (Wildman–Crippen MR) is 88.3 cm³/mol. The van der Waals surface area contributed by atoms with Gasteiger partial charge in [-0.3, -0.25) is 0 Å². The van der Waals surface area contributed by atoms with Crippen molar-refractivity contribution in [2.24, 2.45) is 0 Å². The summed E-state index contributed by atoms with van der Waals surface area (Å²) < 4.78 is 0. The van der Waals surface area contributed by atoms with Crippen molar-refractivity contribution in [1.82, 2.24) is 5.32 Å². The second kappa shape index (κ2) is 6.75. The molecule has 21 heavy (non-hydrogen) atoms. The Bertz CT molecular complexity index is 654. The summed E-state index contributed by atoms with van der Waals surface area (Å²) in [6, 6.07) is 13.8. The smallest absolute Gasteiger partial charge is 0.314 e. The van der Waals surface area contributed by atoms with Crippen molar-refractivity contribution in [3.8, 4) is 0 Å². The third-order valence-electron chi connectivity index (χ3n) is 3.01. The topological polar surface area (TPSA) is 41.1 Å². The first kappa shape index (κ1) is 14.9. The van der Waals surface area contributed by atoms with Gasteiger partial charge in [0.25, 0.3) is 0 Å². The largest absolute Gasteiger partial charge is 0.323 e. The van der Waals surface area contributed by atoms with E-state index in [1.54, 1.807) is 6.20 Å². The van der Waals surface area contributed by atoms with Gasteiger partial charge in [0.1, 0.15) is 0 Å². The van der Waals surface area contributed by atoms with E-state index in [-0.39, 0.29) is 6.03 Å². The summed E-state index contributed by atoms with van der Waals surface area (Å²) in [7, 11) is 0. The van der Waals surface area contributed by atoms with Gasteiger partial charge in [-0.2, -0.15) is 0 Å². The standard InChI is InChI=1S/C18H20N2O/c1-13-5-4-6-16(10-13)7-8-19-18(21)20-17-11-14(2)9-15(3)12-17/h4-12H,1-3H3,(H2,19,20,21)/b8-7+. The highest BCUT2D eigenvalue weighted by molar-refractivity contribution is 5.90. The second-order valence-corrected chi connectivity index (χ2v) is 5.22. The summed E-state index contributed by atoms with van der Waals surface area (Å²) >= 11 is 0. The van der Waals surface area contributed by atoms with E-state index in [2.05, 4.69) is 22.8 Å². The van der Waals surface area contributed by atoms with Crippen molar-refractivity contribution in [3.63, 3.8) is 0 Å². The summed E-state index contributed by atoms with van der Waals surface area (Å²) in [6.07, 6.45) is 3.51. The Balaban J connectivity index is 1.93. The van der Waals surface area contributed by atoms with E-state index in [0.29, 0.717) is 0 Å². The van der Waals surface area contributed by atoms with Gasteiger partial charge in [0.2, 0.25) is 0 Å². The number of amides is 2. The van der Waals surface area contributed by atoms with Crippen LogP contribution in [0.4, 0.5) is 10.5 Å². The van der Waals surface area contributed by atoms with Crippen molar-refractivity contribution in [2.45, 2.75) is 20.8 Å². The lowest BCUT2D eigenvalue weighted by molar-refractivity contribution is 0.255. The first-order valence-electron chi connectivity index (χ1n) is 6.92. The Hall–Kier alpha value is -2.55. The van der Waals surface area contributed by atoms with Crippen LogP contribution in [0.15, 0.2) is 48.7 Å². The van der Waals surface area contributed by atoms with E-state index in [0.717, 1.165) is 22.4 Å². The number of rotatable bonds is 3. The van der Waals surface area contributed by atoms with Gasteiger partial charge >= 0.3 is 6.03 Å². The lowest BCUT2D eigenvalue weighted by atomic mass is 10.1. The normalized spacial score (nSPS) is 10.6. The third-order valence-corrected chi connectivity index (χ3v) is 3.01. The number of carbonyl (C=O) groups excluding carboxylic acids is 1. The van der Waals surface area contributed by atoms with Crippen LogP contribution < -0.4 is 10.6 Å². The highest BCUT2D eigenvalue weighted by Crippen LogP contribution is 2.13. The molecular weight excluding hydrogens is 260 g/mol. The van der Waals surface area contributed by atoms with E-state index in [4.69, 9.17) is 0 Å². The SMILES string of the molecule is Cc1cccc(/C=C/NC(=O)Nc2cc(C)cc(C)c2)c1. The molecule has 2 rings (SSSR count). The predicted octanol–water partition coefficient (Wildman–Crippen LogP) is 4.40. The fourth-order valence-corrected chi connectivity index (χ4v) is 2.20. The van der Waals surface area contributed by atoms with Crippen molar-refractivity contribution in [3.05, 3.63) is 70.9 Å². The minimum Gasteiger partial charge on any atom is -0.314 e. The summed E-state index contributed by atoms with van der Waals surface area (Å²) in [5.41, 5.74) is 5.30. The minimum atomic E-state index is -0.246. The molecule has 2 amide bonds. The fourth-order valence-electron chi connectivity index (χ4n) is 2.20. The molecule has 3 heteroatoms. The first-order valence-corrected chi connectivity index (χ1v) is 6.92. The third kappa shape index (κ3) is 4.80. The molecule has 2 aromatic rings. The molecule has 0 bridgehead atoms. The monoisotopic (exact) mass is 280 g/mol. The Labute approximate surface area is 125 Å². The van der Waals surface area contributed by atoms with Crippen LogP contribution in [0.2, 0.25) is 0 Å². The molecule has 0 radical (unpaired) electrons. The van der Waals surface area contributed by atoms with Crippen molar-refractivity contribution in [1.29, 1.82) is 0 Å². The molecule has 0 saturated carbocycles. The van der Waals surface area contributed by atoms with Gasteiger partial charge in [0.05, 0.1) is 0 Å². The van der Waals surface area contributed by atoms with Gasteiger partial charge in [-0.15, -0.1) is 0 Å². The molecule has 0 aromatic heterocycles. The second-order valence-electron chi connectivity index (χ2n) is 5.22. The van der Waals surface area contributed by atoms with Crippen molar-refractivity contribution < 1.29 is 4.79 Å². The Morgan fingerprint density at radius 2 is 1.67 bits per heavy atom. The average molecular weight is 280 g/mol. The molecule has 0 aliphatic carbocycles. The lowest BCUT2D eigenvalue weighted by Gasteiger charge is -2.07. The molecular formula is C18H20N2O. The van der Waals surface area contributed by atoms with Gasteiger partial charge in [0, 0.05) is 11.9 Å². The van der Waals surface area contributed by atoms with E-state index in [1.165, 1.54) is 5.56 Å². The maximum absolute atomic E-state index is 11.8. The van der Waals surface area contributed by atoms with Crippen LogP contribution in [0.3, 0.4) is 0 Å². The maximum atomic E-state index is 11.8. The molecule has 2 aromatic carbocycles. The zero-order valence-corrected chi connectivity index (χ0v) is 12.6. The van der Waals surface area contributed by atoms with E-state index >= 15 is 0 Å². The van der Waals surface area contributed by atoms with Crippen LogP contribution in [0.5, 0.6) is 0 Å². The molecule has 0 spiro atoms. The highest BCUT2D eigenvalue weighted by Gasteiger charge is 2.00. The zero-order chi connectivity index (χ0) is 15.2. The average Bonchev–Trinajstić information content (AvgIpc) is 2.37. The van der Waals surface area contributed by atoms with Crippen LogP contribution >= 0.6 is 0 Å². The van der Waals surface area contributed by atoms with Crippen LogP contribution in [0.25, 0.3) is 6.08 Å². The number of hydrogen-bond donors (Lipinski definition) is 2. The summed E-state index contributed by atoms with van der Waals surface area (Å²) in [4.78, 5) is 11.8. The van der Waals surface area contributed by atoms with Crippen molar-refractivity contribution in [2.75, 3.05) is 5.32 Å². The molecule has 108 valence electrons. The number of aryl methyl sites for hydroxylation is 3. The summed E-state index contributed by atoms with van der Waals surface area (Å²) in [5, 5.41) is 5.53. The molecule has 0 aliphatic heterocycles. The Kier molecular flexibility index (Phi) is 4.77. The van der Waals surface area contributed by atoms with Gasteiger partial charge in [-0.25, -0.2) is 4.79 Å². The van der Waals surface area contributed by atoms with Gasteiger partial charge in [0.15, 0.2) is 0 Å². The number of nitrogens with one attached hydrogen (secondary N) is 2. The number of urea groups is 1. The zero-order valence-electron chi connectivity index (χ0n) is 12.6. The fraction of sp³-hybridized carbons (Fsp3) is 0.167. The molecule has 2 N–H and O–H groups in total. The molecule has 0 unspecified atom stereocenters. The van der Waals surface area contributed by atoms with Gasteiger partial charge in [-0.1, -0.05) is 35.9 Å². The van der Waals surface area contributed by atoms with Gasteiger partial charge in [-0.05, 0) is 55.7 Å². The van der Waals surface area contributed by atoms with E-state index < -0.39 is 0 Å². The maximum Gasteiger partial charge on any atom is 0.323 e. The highest BCUT2D eigenvalue weighted by atomic mass is 16.2. The summed E-state index contributed by atoms with van der Waals surface area (Å²) in [5.74, 6) is 0. The Morgan fingerprint density at radius 3 is 2.33 bits per heavy atom. The number of benzene rings is 2. The molecule has 0 atom stereocenters. The van der Waals surface area contributed by atoms with Crippen molar-refractivity contribution >= 4 is 17.8 Å². The minimum absolute atomic E-state index is 0.246. The molecule has 0 fully saturated rings. The quantitative estimate of drug-likeness (QED) is 0.859. The first-order chi connectivity index (χ1) is 10.0. The van der Waals surface area contributed by atoms with Crippen LogP contribution in [-0.2, 0) is 0 Å². The number of anilines is 1. The van der Waals surface area contributed by atoms with Crippen LogP contribution in [0, 0.1) is 20.8 Å². The molecule has 0 aliphatic rings. The van der Waals surface area contributed by atoms with Crippen LogP contribution in [0.1, 0.15) is 22.3 Å². The van der Waals surface area contributed by atoms with Crippen LogP contribution in [-0.4, -0.2) is 6.03 Å². The summed E-state index contributed by atoms with van der Waals surface area (Å²) in [6.45, 7) is 6.05. The lowest BCUT2D eigenvalue weighted by Crippen LogP contribution is -2.23. The van der Waals surface area contributed by atoms with E-state index in [1.807, 2.05) is 57.2 Å². The Morgan fingerprint density at radius 1 is 0.952 bits per heavy atom. The molecule has 0 saturated heterocycles. The number of hydrogen-bond acceptors (Lipinski definition) is 1.